The summed E-state index contributed by atoms with van der Waals surface area (Å²) in [5, 5.41) is 0. The lowest BCUT2D eigenvalue weighted by atomic mass is 9.95. The number of rotatable bonds is 3. The molecule has 0 saturated heterocycles. The fourth-order valence-corrected chi connectivity index (χ4v) is 2.89. The molecule has 0 N–H and O–H groups in total. The first kappa shape index (κ1) is 9.22. The Morgan fingerprint density at radius 3 is 2.85 bits per heavy atom. The second-order valence-corrected chi connectivity index (χ2v) is 4.66. The molecule has 0 heterocycles. The summed E-state index contributed by atoms with van der Waals surface area (Å²) < 4.78 is 5.36. The first-order valence-corrected chi connectivity index (χ1v) is 6.11. The quantitative estimate of drug-likeness (QED) is 0.622. The van der Waals surface area contributed by atoms with Crippen LogP contribution in [0.3, 0.4) is 0 Å². The van der Waals surface area contributed by atoms with Gasteiger partial charge in [0.05, 0.1) is 6.61 Å². The van der Waals surface area contributed by atoms with E-state index in [4.69, 9.17) is 4.43 Å². The van der Waals surface area contributed by atoms with Gasteiger partial charge in [-0.1, -0.05) is 25.0 Å². The van der Waals surface area contributed by atoms with Crippen LogP contribution in [0, 0.1) is 5.92 Å². The van der Waals surface area contributed by atoms with Gasteiger partial charge in [0.1, 0.15) is 10.5 Å². The predicted octanol–water partition coefficient (Wildman–Crippen LogP) is 1.73. The lowest BCUT2D eigenvalue weighted by molar-refractivity contribution is 0.383. The molecule has 72 valence electrons. The normalized spacial score (nSPS) is 23.7. The zero-order valence-corrected chi connectivity index (χ0v) is 10.4. The van der Waals surface area contributed by atoms with Gasteiger partial charge in [-0.05, 0) is 36.3 Å². The Balaban J connectivity index is 2.08. The molecule has 2 heteroatoms. The van der Waals surface area contributed by atoms with Crippen molar-refractivity contribution >= 4 is 10.5 Å². The van der Waals surface area contributed by atoms with Gasteiger partial charge in [-0.15, -0.1) is 0 Å². The molecule has 0 aromatic rings. The molecule has 13 heavy (non-hydrogen) atoms. The molecule has 1 fully saturated rings. The molecule has 0 radical (unpaired) electrons. The van der Waals surface area contributed by atoms with Gasteiger partial charge in [0.25, 0.3) is 0 Å². The number of allylic oxidation sites excluding steroid dienone is 3. The Bertz CT molecular complexity index is 236. The third-order valence-corrected chi connectivity index (χ3v) is 3.47. The average Bonchev–Trinajstić information content (AvgIpc) is 2.71. The van der Waals surface area contributed by atoms with Crippen molar-refractivity contribution in [2.45, 2.75) is 32.1 Å². The summed E-state index contributed by atoms with van der Waals surface area (Å²) in [5.41, 5.74) is 3.18. The summed E-state index contributed by atoms with van der Waals surface area (Å²) in [6.45, 7) is 0.894. The van der Waals surface area contributed by atoms with E-state index in [1.54, 1.807) is 11.1 Å². The van der Waals surface area contributed by atoms with Crippen LogP contribution in [0.25, 0.3) is 0 Å². The van der Waals surface area contributed by atoms with Crippen molar-refractivity contribution in [2.75, 3.05) is 6.61 Å². The predicted molar refractivity (Wildman–Crippen MR) is 58.6 cm³/mol. The SMILES string of the molecule is [SiH3]OCC1=C(C2CCCC2)C=CC1. The van der Waals surface area contributed by atoms with E-state index < -0.39 is 0 Å². The standard InChI is InChI=1S/C11H18OSi/c13-12-8-10-6-3-7-11(10)9-4-1-2-5-9/h3,7,9H,1-2,4-6,8H2,13H3. The fraction of sp³-hybridized carbons (Fsp3) is 0.636. The Morgan fingerprint density at radius 2 is 2.15 bits per heavy atom. The molecule has 1 saturated carbocycles. The van der Waals surface area contributed by atoms with Crippen molar-refractivity contribution in [2.24, 2.45) is 5.92 Å². The molecule has 0 atom stereocenters. The highest BCUT2D eigenvalue weighted by atomic mass is 28.2. The first-order chi connectivity index (χ1) is 6.42. The van der Waals surface area contributed by atoms with E-state index in [-0.39, 0.29) is 0 Å². The summed E-state index contributed by atoms with van der Waals surface area (Å²) in [5.74, 6) is 0.866. The zero-order valence-electron chi connectivity index (χ0n) is 8.38. The summed E-state index contributed by atoms with van der Waals surface area (Å²) in [6, 6.07) is 0. The summed E-state index contributed by atoms with van der Waals surface area (Å²) in [7, 11) is 0.868. The van der Waals surface area contributed by atoms with Crippen LogP contribution in [0.5, 0.6) is 0 Å². The molecule has 2 aliphatic carbocycles. The minimum absolute atomic E-state index is 0.866. The molecular formula is C11H18OSi. The molecule has 2 aliphatic rings. The highest BCUT2D eigenvalue weighted by molar-refractivity contribution is 5.98. The van der Waals surface area contributed by atoms with Gasteiger partial charge in [0, 0.05) is 0 Å². The molecule has 0 aromatic carbocycles. The van der Waals surface area contributed by atoms with Crippen molar-refractivity contribution in [3.63, 3.8) is 0 Å². The van der Waals surface area contributed by atoms with Crippen LogP contribution in [-0.4, -0.2) is 17.1 Å². The fourth-order valence-electron chi connectivity index (χ4n) is 2.54. The van der Waals surface area contributed by atoms with Crippen molar-refractivity contribution in [3.05, 3.63) is 23.3 Å². The minimum Gasteiger partial charge on any atom is -0.424 e. The van der Waals surface area contributed by atoms with Crippen LogP contribution in [-0.2, 0) is 4.43 Å². The maximum atomic E-state index is 5.36. The molecule has 2 rings (SSSR count). The molecule has 0 aromatic heterocycles. The second kappa shape index (κ2) is 4.25. The third kappa shape index (κ3) is 1.94. The maximum Gasteiger partial charge on any atom is 0.146 e. The van der Waals surface area contributed by atoms with Gasteiger partial charge < -0.3 is 4.43 Å². The lowest BCUT2D eigenvalue weighted by Gasteiger charge is -2.12. The molecule has 0 unspecified atom stereocenters. The molecule has 0 bridgehead atoms. The Hall–Kier alpha value is -0.343. The lowest BCUT2D eigenvalue weighted by Crippen LogP contribution is -2.02. The van der Waals surface area contributed by atoms with Gasteiger partial charge in [0.15, 0.2) is 0 Å². The van der Waals surface area contributed by atoms with Crippen molar-refractivity contribution < 1.29 is 4.43 Å². The first-order valence-electron chi connectivity index (χ1n) is 5.29. The smallest absolute Gasteiger partial charge is 0.146 e. The van der Waals surface area contributed by atoms with Gasteiger partial charge in [-0.25, -0.2) is 0 Å². The van der Waals surface area contributed by atoms with Crippen LogP contribution in [0.1, 0.15) is 32.1 Å². The van der Waals surface area contributed by atoms with Crippen molar-refractivity contribution in [1.82, 2.24) is 0 Å². The van der Waals surface area contributed by atoms with E-state index in [9.17, 15) is 0 Å². The van der Waals surface area contributed by atoms with Gasteiger partial charge in [-0.3, -0.25) is 0 Å². The number of hydrogen-bond donors (Lipinski definition) is 0. The monoisotopic (exact) mass is 194 g/mol. The van der Waals surface area contributed by atoms with Crippen LogP contribution >= 0.6 is 0 Å². The Kier molecular flexibility index (Phi) is 3.01. The average molecular weight is 194 g/mol. The summed E-state index contributed by atoms with van der Waals surface area (Å²) >= 11 is 0. The molecule has 0 spiro atoms. The van der Waals surface area contributed by atoms with Crippen LogP contribution in [0.15, 0.2) is 23.3 Å². The largest absolute Gasteiger partial charge is 0.424 e. The van der Waals surface area contributed by atoms with E-state index in [1.165, 1.54) is 25.7 Å². The summed E-state index contributed by atoms with van der Waals surface area (Å²) in [4.78, 5) is 0. The Morgan fingerprint density at radius 1 is 1.38 bits per heavy atom. The number of hydrogen-bond acceptors (Lipinski definition) is 1. The van der Waals surface area contributed by atoms with E-state index in [0.29, 0.717) is 0 Å². The maximum absolute atomic E-state index is 5.36. The van der Waals surface area contributed by atoms with Gasteiger partial charge in [0.2, 0.25) is 0 Å². The topological polar surface area (TPSA) is 9.23 Å². The van der Waals surface area contributed by atoms with Crippen LogP contribution in [0.4, 0.5) is 0 Å². The van der Waals surface area contributed by atoms with Crippen LogP contribution in [0.2, 0.25) is 0 Å². The Labute approximate surface area is 83.4 Å². The minimum atomic E-state index is 0.866. The van der Waals surface area contributed by atoms with Crippen molar-refractivity contribution in [1.29, 1.82) is 0 Å². The zero-order chi connectivity index (χ0) is 9.10. The third-order valence-electron chi connectivity index (χ3n) is 3.18. The molecule has 0 aliphatic heterocycles. The summed E-state index contributed by atoms with van der Waals surface area (Å²) in [6.07, 6.45) is 11.5. The molecular weight excluding hydrogens is 176 g/mol. The van der Waals surface area contributed by atoms with Gasteiger partial charge >= 0.3 is 0 Å². The van der Waals surface area contributed by atoms with Crippen molar-refractivity contribution in [3.8, 4) is 0 Å². The van der Waals surface area contributed by atoms with E-state index in [1.807, 2.05) is 0 Å². The second-order valence-electron chi connectivity index (χ2n) is 4.08. The molecule has 1 nitrogen and oxygen atoms in total. The van der Waals surface area contributed by atoms with E-state index >= 15 is 0 Å². The molecule has 0 amide bonds. The highest BCUT2D eigenvalue weighted by Gasteiger charge is 2.22. The van der Waals surface area contributed by atoms with Crippen LogP contribution < -0.4 is 0 Å². The highest BCUT2D eigenvalue weighted by Crippen LogP contribution is 2.36. The van der Waals surface area contributed by atoms with E-state index in [0.717, 1.165) is 29.4 Å². The van der Waals surface area contributed by atoms with E-state index in [2.05, 4.69) is 12.2 Å². The van der Waals surface area contributed by atoms with Gasteiger partial charge in [-0.2, -0.15) is 0 Å².